The highest BCUT2D eigenvalue weighted by molar-refractivity contribution is 5.74. The molecule has 2 amide bonds. The second-order valence-corrected chi connectivity index (χ2v) is 4.43. The van der Waals surface area contributed by atoms with Gasteiger partial charge in [0, 0.05) is 32.7 Å². The Morgan fingerprint density at radius 3 is 2.27 bits per heavy atom. The van der Waals surface area contributed by atoms with Crippen molar-refractivity contribution < 1.29 is 4.79 Å². The maximum Gasteiger partial charge on any atom is 0.319 e. The molecule has 1 aliphatic carbocycles. The fraction of sp³-hybridized carbons (Fsp3) is 0.909. The first kappa shape index (κ1) is 12.3. The van der Waals surface area contributed by atoms with Crippen LogP contribution in [0.3, 0.4) is 0 Å². The Hall–Kier alpha value is -0.770. The van der Waals surface area contributed by atoms with Gasteiger partial charge in [-0.15, -0.1) is 0 Å². The molecule has 0 atom stereocenters. The second kappa shape index (κ2) is 5.35. The van der Waals surface area contributed by atoms with E-state index in [1.54, 1.807) is 0 Å². The van der Waals surface area contributed by atoms with E-state index in [0.29, 0.717) is 12.0 Å². The highest BCUT2D eigenvalue weighted by Crippen LogP contribution is 2.26. The molecule has 0 heterocycles. The van der Waals surface area contributed by atoms with Crippen LogP contribution in [0.4, 0.5) is 4.79 Å². The minimum atomic E-state index is 0.139. The summed E-state index contributed by atoms with van der Waals surface area (Å²) in [6.07, 6.45) is 2.13. The lowest BCUT2D eigenvalue weighted by Crippen LogP contribution is -2.47. The average molecular weight is 213 g/mol. The zero-order chi connectivity index (χ0) is 11.4. The molecule has 0 radical (unpaired) electrons. The predicted octanol–water partition coefficient (Wildman–Crippen LogP) is 1.12. The number of hydrogen-bond acceptors (Lipinski definition) is 2. The minimum absolute atomic E-state index is 0.139. The Kier molecular flexibility index (Phi) is 4.39. The van der Waals surface area contributed by atoms with Crippen LogP contribution in [0.25, 0.3) is 0 Å². The van der Waals surface area contributed by atoms with Crippen LogP contribution in [0.2, 0.25) is 0 Å². The number of carbonyl (C=O) groups excluding carboxylic acids is 1. The summed E-state index contributed by atoms with van der Waals surface area (Å²) in [7, 11) is 1.88. The van der Waals surface area contributed by atoms with Crippen molar-refractivity contribution in [2.24, 2.45) is 11.7 Å². The van der Waals surface area contributed by atoms with Gasteiger partial charge in [-0.25, -0.2) is 4.79 Å². The Morgan fingerprint density at radius 2 is 1.87 bits per heavy atom. The molecule has 0 saturated heterocycles. The fourth-order valence-corrected chi connectivity index (χ4v) is 2.14. The quantitative estimate of drug-likeness (QED) is 0.760. The molecule has 1 aliphatic rings. The maximum absolute atomic E-state index is 11.9. The van der Waals surface area contributed by atoms with Gasteiger partial charge < -0.3 is 15.5 Å². The van der Waals surface area contributed by atoms with Crippen LogP contribution in [0.15, 0.2) is 0 Å². The third-order valence-electron chi connectivity index (χ3n) is 3.16. The van der Waals surface area contributed by atoms with Crippen molar-refractivity contribution in [2.75, 3.05) is 26.7 Å². The Morgan fingerprint density at radius 1 is 1.33 bits per heavy atom. The summed E-state index contributed by atoms with van der Waals surface area (Å²) in [5, 5.41) is 0. The molecule has 0 unspecified atom stereocenters. The van der Waals surface area contributed by atoms with Crippen molar-refractivity contribution in [3.63, 3.8) is 0 Å². The maximum atomic E-state index is 11.9. The van der Waals surface area contributed by atoms with Crippen LogP contribution in [-0.2, 0) is 0 Å². The van der Waals surface area contributed by atoms with Gasteiger partial charge in [-0.1, -0.05) is 0 Å². The van der Waals surface area contributed by atoms with Crippen LogP contribution in [0.1, 0.15) is 26.7 Å². The molecule has 1 rings (SSSR count). The molecule has 4 nitrogen and oxygen atoms in total. The van der Waals surface area contributed by atoms with Crippen molar-refractivity contribution in [1.29, 1.82) is 0 Å². The normalized spacial score (nSPS) is 24.5. The minimum Gasteiger partial charge on any atom is -0.328 e. The molecule has 0 aromatic rings. The van der Waals surface area contributed by atoms with E-state index in [4.69, 9.17) is 5.73 Å². The molecule has 0 aliphatic heterocycles. The molecule has 15 heavy (non-hydrogen) atoms. The summed E-state index contributed by atoms with van der Waals surface area (Å²) in [5.74, 6) is 0.615. The number of nitrogens with zero attached hydrogens (tertiary/aromatic N) is 2. The number of rotatable bonds is 4. The number of hydrogen-bond donors (Lipinski definition) is 1. The van der Waals surface area contributed by atoms with Gasteiger partial charge in [0.05, 0.1) is 0 Å². The number of carbonyl (C=O) groups is 1. The number of nitrogens with two attached hydrogens (primary N) is 1. The summed E-state index contributed by atoms with van der Waals surface area (Å²) in [6.45, 7) is 6.43. The molecule has 0 spiro atoms. The first-order valence-electron chi connectivity index (χ1n) is 5.84. The number of urea groups is 1. The predicted molar refractivity (Wildman–Crippen MR) is 61.6 cm³/mol. The highest BCUT2D eigenvalue weighted by atomic mass is 16.2. The molecular formula is C11H23N3O. The van der Waals surface area contributed by atoms with E-state index in [1.165, 1.54) is 0 Å². The number of amides is 2. The molecule has 88 valence electrons. The van der Waals surface area contributed by atoms with Gasteiger partial charge in [-0.2, -0.15) is 0 Å². The van der Waals surface area contributed by atoms with Crippen molar-refractivity contribution >= 4 is 6.03 Å². The average Bonchev–Trinajstić information content (AvgIpc) is 2.17. The summed E-state index contributed by atoms with van der Waals surface area (Å²) >= 11 is 0. The van der Waals surface area contributed by atoms with Gasteiger partial charge in [0.1, 0.15) is 0 Å². The van der Waals surface area contributed by atoms with Crippen molar-refractivity contribution in [3.8, 4) is 0 Å². The Bertz CT molecular complexity index is 210. The first-order valence-corrected chi connectivity index (χ1v) is 5.84. The summed E-state index contributed by atoms with van der Waals surface area (Å²) < 4.78 is 0. The van der Waals surface area contributed by atoms with Gasteiger partial charge in [0.25, 0.3) is 0 Å². The Balaban J connectivity index is 2.32. The topological polar surface area (TPSA) is 49.6 Å². The lowest BCUT2D eigenvalue weighted by molar-refractivity contribution is 0.142. The van der Waals surface area contributed by atoms with E-state index in [1.807, 2.05) is 30.7 Å². The van der Waals surface area contributed by atoms with E-state index in [-0.39, 0.29) is 6.03 Å². The highest BCUT2D eigenvalue weighted by Gasteiger charge is 2.28. The molecule has 2 N–H and O–H groups in total. The van der Waals surface area contributed by atoms with E-state index in [0.717, 1.165) is 32.5 Å². The lowest BCUT2D eigenvalue weighted by atomic mass is 9.81. The second-order valence-electron chi connectivity index (χ2n) is 4.43. The summed E-state index contributed by atoms with van der Waals surface area (Å²) in [4.78, 5) is 15.6. The molecule has 0 aromatic heterocycles. The van der Waals surface area contributed by atoms with Crippen molar-refractivity contribution in [2.45, 2.75) is 32.7 Å². The molecule has 0 aromatic carbocycles. The van der Waals surface area contributed by atoms with Crippen LogP contribution >= 0.6 is 0 Å². The fourth-order valence-electron chi connectivity index (χ4n) is 2.14. The van der Waals surface area contributed by atoms with Gasteiger partial charge >= 0.3 is 6.03 Å². The van der Waals surface area contributed by atoms with E-state index in [2.05, 4.69) is 0 Å². The molecular weight excluding hydrogens is 190 g/mol. The van der Waals surface area contributed by atoms with Gasteiger partial charge in [-0.05, 0) is 32.6 Å². The third kappa shape index (κ3) is 3.09. The standard InChI is InChI=1S/C11H23N3O/c1-4-14(5-2)11(15)13(3)8-9-6-10(12)7-9/h9-10H,4-8,12H2,1-3H3. The molecule has 1 fully saturated rings. The summed E-state index contributed by atoms with van der Waals surface area (Å²) in [5.41, 5.74) is 5.72. The monoisotopic (exact) mass is 213 g/mol. The van der Waals surface area contributed by atoms with E-state index in [9.17, 15) is 4.79 Å². The van der Waals surface area contributed by atoms with E-state index < -0.39 is 0 Å². The lowest BCUT2D eigenvalue weighted by Gasteiger charge is -2.36. The molecule has 4 heteroatoms. The smallest absolute Gasteiger partial charge is 0.319 e. The Labute approximate surface area is 92.4 Å². The SMILES string of the molecule is CCN(CC)C(=O)N(C)CC1CC(N)C1. The van der Waals surface area contributed by atoms with Crippen LogP contribution in [-0.4, -0.2) is 48.6 Å². The first-order chi connectivity index (χ1) is 7.08. The third-order valence-corrected chi connectivity index (χ3v) is 3.16. The largest absolute Gasteiger partial charge is 0.328 e. The van der Waals surface area contributed by atoms with E-state index >= 15 is 0 Å². The van der Waals surface area contributed by atoms with Crippen LogP contribution in [0, 0.1) is 5.92 Å². The van der Waals surface area contributed by atoms with Gasteiger partial charge in [0.15, 0.2) is 0 Å². The summed E-state index contributed by atoms with van der Waals surface area (Å²) in [6, 6.07) is 0.507. The van der Waals surface area contributed by atoms with Crippen molar-refractivity contribution in [1.82, 2.24) is 9.80 Å². The molecule has 1 saturated carbocycles. The zero-order valence-corrected chi connectivity index (χ0v) is 10.1. The van der Waals surface area contributed by atoms with Crippen LogP contribution in [0.5, 0.6) is 0 Å². The zero-order valence-electron chi connectivity index (χ0n) is 10.1. The van der Waals surface area contributed by atoms with Crippen molar-refractivity contribution in [3.05, 3.63) is 0 Å². The van der Waals surface area contributed by atoms with Gasteiger partial charge in [0.2, 0.25) is 0 Å². The van der Waals surface area contributed by atoms with Gasteiger partial charge in [-0.3, -0.25) is 0 Å². The molecule has 0 bridgehead atoms. The van der Waals surface area contributed by atoms with Crippen LogP contribution < -0.4 is 5.73 Å².